The molecule has 4 N–H and O–H groups in total. The van der Waals surface area contributed by atoms with Crippen molar-refractivity contribution in [3.05, 3.63) is 42.0 Å². The molecule has 15 heteroatoms. The van der Waals surface area contributed by atoms with Gasteiger partial charge in [0.15, 0.2) is 0 Å². The van der Waals surface area contributed by atoms with Crippen molar-refractivity contribution < 1.29 is 38.0 Å². The van der Waals surface area contributed by atoms with Gasteiger partial charge in [0, 0.05) is 48.9 Å². The number of methoxy groups -OCH3 is 1. The number of hydrogen-bond acceptors (Lipinski definition) is 13. The molecule has 232 valence electrons. The van der Waals surface area contributed by atoms with Crippen LogP contribution in [-0.2, 0) is 33.2 Å². The van der Waals surface area contributed by atoms with Crippen LogP contribution in [0.4, 0.5) is 5.69 Å². The summed E-state index contributed by atoms with van der Waals surface area (Å²) in [6.07, 6.45) is 5.91. The molecule has 1 aromatic rings. The van der Waals surface area contributed by atoms with Crippen LogP contribution in [0.25, 0.3) is 0 Å². The first-order valence-electron chi connectivity index (χ1n) is 13.5. The predicted octanol–water partition coefficient (Wildman–Crippen LogP) is 1.49. The number of amidine groups is 1. The molecule has 3 heterocycles. The van der Waals surface area contributed by atoms with Crippen LogP contribution in [0.3, 0.4) is 0 Å². The van der Waals surface area contributed by atoms with Gasteiger partial charge in [-0.25, -0.2) is 9.78 Å². The van der Waals surface area contributed by atoms with E-state index in [4.69, 9.17) is 56.6 Å². The van der Waals surface area contributed by atoms with E-state index in [0.29, 0.717) is 84.2 Å². The lowest BCUT2D eigenvalue weighted by atomic mass is 10.2. The molecule has 1 atom stereocenters. The number of nitrogens with one attached hydrogen (secondary N) is 2. The number of carbonyl (C=O) groups is 1. The summed E-state index contributed by atoms with van der Waals surface area (Å²) in [5.74, 6) is -0.0417. The lowest BCUT2D eigenvalue weighted by Crippen LogP contribution is -2.38. The predicted molar refractivity (Wildman–Crippen MR) is 155 cm³/mol. The second kappa shape index (κ2) is 18.3. The van der Waals surface area contributed by atoms with Crippen LogP contribution in [0, 0.1) is 10.8 Å². The molecule has 42 heavy (non-hydrogen) atoms. The zero-order valence-corrected chi connectivity index (χ0v) is 24.5. The standard InChI is InChI=1S/C27H39ClN6O8/c1-36-26(35)19-41-11-10-39-7-6-37-4-5-38-8-9-40-12-13-42-25-15-20(2-3-32-25)33-17-22-14-21(33)18-34(22)23(27(30)31)16-24(28)29/h2-3,15-17,21,29H,4-14,18-19H2,1H3,(H3,30,31)/b23-16+,29-24?. The molecule has 1 unspecified atom stereocenters. The third kappa shape index (κ3) is 11.2. The van der Waals surface area contributed by atoms with Crippen LogP contribution in [-0.4, -0.2) is 119 Å². The molecular formula is C27H39ClN6O8. The summed E-state index contributed by atoms with van der Waals surface area (Å²) in [6.45, 7) is 4.64. The Labute approximate surface area is 250 Å². The van der Waals surface area contributed by atoms with Gasteiger partial charge < -0.3 is 48.7 Å². The number of fused-ring (bicyclic) bond motifs is 2. The summed E-state index contributed by atoms with van der Waals surface area (Å²) in [4.78, 5) is 19.3. The van der Waals surface area contributed by atoms with Crippen LogP contribution in [0.2, 0.25) is 0 Å². The number of carbonyl (C=O) groups excluding carboxylic acids is 1. The van der Waals surface area contributed by atoms with Crippen molar-refractivity contribution in [2.75, 3.05) is 91.2 Å². The number of halogens is 1. The number of esters is 1. The number of nitrogens with zero attached hydrogens (tertiary/aromatic N) is 3. The highest BCUT2D eigenvalue weighted by Crippen LogP contribution is 2.38. The monoisotopic (exact) mass is 610 g/mol. The van der Waals surface area contributed by atoms with Gasteiger partial charge in [0.1, 0.15) is 24.2 Å². The molecule has 0 spiro atoms. The first-order valence-corrected chi connectivity index (χ1v) is 13.9. The minimum atomic E-state index is -0.416. The number of hydrogen-bond donors (Lipinski definition) is 3. The molecular weight excluding hydrogens is 572 g/mol. The van der Waals surface area contributed by atoms with E-state index in [1.807, 2.05) is 23.2 Å². The van der Waals surface area contributed by atoms with Crippen molar-refractivity contribution >= 4 is 34.3 Å². The lowest BCUT2D eigenvalue weighted by Gasteiger charge is -2.32. The first kappa shape index (κ1) is 33.2. The summed E-state index contributed by atoms with van der Waals surface area (Å²) in [7, 11) is 1.31. The number of anilines is 1. The SMILES string of the molecule is COC(=O)COCCOCCOCCOCCOCCOc1cc(N2C=C3CC2CN3/C(=C/C(=N)Cl)C(=N)N)ccn1. The molecule has 2 aliphatic heterocycles. The summed E-state index contributed by atoms with van der Waals surface area (Å²) in [5.41, 5.74) is 8.10. The van der Waals surface area contributed by atoms with E-state index < -0.39 is 5.97 Å². The Hall–Kier alpha value is -3.27. The Balaban J connectivity index is 1.21. The van der Waals surface area contributed by atoms with Crippen LogP contribution in [0.1, 0.15) is 6.42 Å². The highest BCUT2D eigenvalue weighted by Gasteiger charge is 2.39. The van der Waals surface area contributed by atoms with Crippen molar-refractivity contribution in [2.45, 2.75) is 12.5 Å². The topological polar surface area (TPSA) is 175 Å². The normalized spacial score (nSPS) is 16.1. The van der Waals surface area contributed by atoms with Crippen molar-refractivity contribution in [1.82, 2.24) is 9.88 Å². The van der Waals surface area contributed by atoms with E-state index in [0.717, 1.165) is 17.8 Å². The van der Waals surface area contributed by atoms with Gasteiger partial charge in [0.2, 0.25) is 5.88 Å². The molecule has 1 aromatic heterocycles. The molecule has 0 saturated carbocycles. The Morgan fingerprint density at radius 1 is 1.02 bits per heavy atom. The van der Waals surface area contributed by atoms with Crippen molar-refractivity contribution in [3.63, 3.8) is 0 Å². The number of likely N-dealkylation sites (tertiary alicyclic amines) is 1. The van der Waals surface area contributed by atoms with Gasteiger partial charge in [-0.2, -0.15) is 0 Å². The molecule has 0 aromatic carbocycles. The lowest BCUT2D eigenvalue weighted by molar-refractivity contribution is -0.146. The maximum atomic E-state index is 10.9. The fraction of sp³-hybridized carbons (Fsp3) is 0.556. The number of rotatable bonds is 22. The summed E-state index contributed by atoms with van der Waals surface area (Å²) in [6, 6.07) is 3.96. The fourth-order valence-corrected chi connectivity index (χ4v) is 4.32. The smallest absolute Gasteiger partial charge is 0.331 e. The zero-order chi connectivity index (χ0) is 30.2. The highest BCUT2D eigenvalue weighted by atomic mass is 35.5. The molecule has 2 aliphatic rings. The van der Waals surface area contributed by atoms with Crippen LogP contribution < -0.4 is 15.4 Å². The molecule has 1 saturated heterocycles. The third-order valence-corrected chi connectivity index (χ3v) is 6.24. The van der Waals surface area contributed by atoms with Crippen LogP contribution >= 0.6 is 11.6 Å². The minimum absolute atomic E-state index is 0.0805. The first-order chi connectivity index (χ1) is 20.4. The zero-order valence-electron chi connectivity index (χ0n) is 23.7. The quantitative estimate of drug-likeness (QED) is 0.0747. The molecule has 0 aliphatic carbocycles. The second-order valence-corrected chi connectivity index (χ2v) is 9.47. The van der Waals surface area contributed by atoms with Crippen molar-refractivity contribution in [1.29, 1.82) is 10.8 Å². The van der Waals surface area contributed by atoms with Gasteiger partial charge in [-0.3, -0.25) is 10.8 Å². The molecule has 1 fully saturated rings. The molecule has 14 nitrogen and oxygen atoms in total. The number of nitrogens with two attached hydrogens (primary N) is 1. The average molecular weight is 611 g/mol. The van der Waals surface area contributed by atoms with Gasteiger partial charge in [0.25, 0.3) is 0 Å². The van der Waals surface area contributed by atoms with Gasteiger partial charge in [-0.15, -0.1) is 0 Å². The summed E-state index contributed by atoms with van der Waals surface area (Å²) < 4.78 is 37.1. The Kier molecular flexibility index (Phi) is 14.5. The van der Waals surface area contributed by atoms with Crippen LogP contribution in [0.15, 0.2) is 42.0 Å². The maximum Gasteiger partial charge on any atom is 0.331 e. The number of allylic oxidation sites excluding steroid dienone is 1. The minimum Gasteiger partial charge on any atom is -0.475 e. The number of pyridine rings is 1. The van der Waals surface area contributed by atoms with E-state index in [1.54, 1.807) is 6.20 Å². The van der Waals surface area contributed by atoms with Gasteiger partial charge in [-0.05, 0) is 6.07 Å². The number of aromatic nitrogens is 1. The molecule has 0 amide bonds. The Morgan fingerprint density at radius 2 is 1.62 bits per heavy atom. The summed E-state index contributed by atoms with van der Waals surface area (Å²) in [5, 5.41) is 15.2. The fourth-order valence-electron chi connectivity index (χ4n) is 4.22. The van der Waals surface area contributed by atoms with E-state index in [9.17, 15) is 4.79 Å². The van der Waals surface area contributed by atoms with Gasteiger partial charge >= 0.3 is 5.97 Å². The molecule has 3 rings (SSSR count). The largest absolute Gasteiger partial charge is 0.475 e. The van der Waals surface area contributed by atoms with E-state index in [-0.39, 0.29) is 23.7 Å². The maximum absolute atomic E-state index is 10.9. The molecule has 2 bridgehead atoms. The second-order valence-electron chi connectivity index (χ2n) is 9.07. The Bertz CT molecular complexity index is 1100. The van der Waals surface area contributed by atoms with Gasteiger partial charge in [0.05, 0.1) is 78.3 Å². The van der Waals surface area contributed by atoms with Crippen molar-refractivity contribution in [3.8, 4) is 5.88 Å². The highest BCUT2D eigenvalue weighted by molar-refractivity contribution is 6.67. The summed E-state index contributed by atoms with van der Waals surface area (Å²) >= 11 is 5.71. The Morgan fingerprint density at radius 3 is 2.14 bits per heavy atom. The van der Waals surface area contributed by atoms with Crippen LogP contribution in [0.5, 0.6) is 5.88 Å². The molecule has 0 radical (unpaired) electrons. The number of ether oxygens (including phenoxy) is 7. The van der Waals surface area contributed by atoms with E-state index in [2.05, 4.69) is 14.6 Å². The average Bonchev–Trinajstić information content (AvgIpc) is 3.59. The van der Waals surface area contributed by atoms with E-state index >= 15 is 0 Å². The van der Waals surface area contributed by atoms with Crippen molar-refractivity contribution in [2.24, 2.45) is 5.73 Å². The van der Waals surface area contributed by atoms with E-state index in [1.165, 1.54) is 13.2 Å². The van der Waals surface area contributed by atoms with Gasteiger partial charge in [-0.1, -0.05) is 11.6 Å². The third-order valence-electron chi connectivity index (χ3n) is 6.13.